The largest absolute Gasteiger partial charge is 0.472 e. The van der Waals surface area contributed by atoms with Gasteiger partial charge in [0.2, 0.25) is 5.88 Å². The Kier molecular flexibility index (Phi) is 7.74. The van der Waals surface area contributed by atoms with Gasteiger partial charge in [-0.15, -0.1) is 0 Å². The van der Waals surface area contributed by atoms with Gasteiger partial charge in [-0.3, -0.25) is 0 Å². The van der Waals surface area contributed by atoms with Crippen LogP contribution in [0.15, 0.2) is 73.6 Å². The zero-order chi connectivity index (χ0) is 21.2. The zero-order valence-corrected chi connectivity index (χ0v) is 17.1. The van der Waals surface area contributed by atoms with Crippen molar-refractivity contribution >= 4 is 0 Å². The predicted molar refractivity (Wildman–Crippen MR) is 120 cm³/mol. The summed E-state index contributed by atoms with van der Waals surface area (Å²) in [5, 5.41) is 0. The molecule has 0 aliphatic heterocycles. The molecule has 0 spiro atoms. The van der Waals surface area contributed by atoms with E-state index in [1.165, 1.54) is 0 Å². The van der Waals surface area contributed by atoms with Crippen LogP contribution in [0.2, 0.25) is 0 Å². The lowest BCUT2D eigenvalue weighted by Crippen LogP contribution is -1.96. The molecule has 3 aromatic rings. The maximum absolute atomic E-state index is 12.8. The molecule has 0 saturated heterocycles. The van der Waals surface area contributed by atoms with Gasteiger partial charge < -0.3 is 4.74 Å². The number of nitrogens with zero attached hydrogens (tertiary/aromatic N) is 2. The molecule has 0 radical (unpaired) electrons. The first-order chi connectivity index (χ1) is 14.7. The molecule has 0 N–H and O–H groups in total. The van der Waals surface area contributed by atoms with Crippen LogP contribution in [-0.4, -0.2) is 22.7 Å². The molecule has 0 aliphatic carbocycles. The second-order valence-corrected chi connectivity index (χ2v) is 6.97. The summed E-state index contributed by atoms with van der Waals surface area (Å²) in [6.45, 7) is 5.61. The highest BCUT2D eigenvalue weighted by Crippen LogP contribution is 2.24. The van der Waals surface area contributed by atoms with Crippen molar-refractivity contribution in [1.82, 2.24) is 9.97 Å². The maximum atomic E-state index is 12.8. The van der Waals surface area contributed by atoms with Gasteiger partial charge in [-0.25, -0.2) is 14.4 Å². The molecule has 3 nitrogen and oxygen atoms in total. The molecule has 0 amide bonds. The molecule has 1 aromatic heterocycles. The van der Waals surface area contributed by atoms with E-state index in [0.717, 1.165) is 40.8 Å². The van der Waals surface area contributed by atoms with E-state index < -0.39 is 6.17 Å². The topological polar surface area (TPSA) is 35.0 Å². The summed E-state index contributed by atoms with van der Waals surface area (Å²) in [4.78, 5) is 8.67. The molecule has 1 unspecified atom stereocenters. The van der Waals surface area contributed by atoms with Crippen LogP contribution >= 0.6 is 0 Å². The fourth-order valence-electron chi connectivity index (χ4n) is 2.90. The molecule has 2 aromatic carbocycles. The monoisotopic (exact) mass is 400 g/mol. The van der Waals surface area contributed by atoms with Gasteiger partial charge in [-0.1, -0.05) is 60.9 Å². The Hall–Kier alpha value is -3.45. The summed E-state index contributed by atoms with van der Waals surface area (Å²) in [6.07, 6.45) is 6.33. The van der Waals surface area contributed by atoms with Crippen molar-refractivity contribution in [3.63, 3.8) is 0 Å². The van der Waals surface area contributed by atoms with Gasteiger partial charge in [-0.05, 0) is 43.0 Å². The highest BCUT2D eigenvalue weighted by atomic mass is 19.1. The van der Waals surface area contributed by atoms with Gasteiger partial charge in [0.05, 0.1) is 24.3 Å². The Morgan fingerprint density at radius 2 is 1.67 bits per heavy atom. The lowest BCUT2D eigenvalue weighted by Gasteiger charge is -2.06. The Bertz CT molecular complexity index is 998. The van der Waals surface area contributed by atoms with Crippen molar-refractivity contribution < 1.29 is 9.13 Å². The van der Waals surface area contributed by atoms with Crippen LogP contribution in [0.4, 0.5) is 4.39 Å². The lowest BCUT2D eigenvalue weighted by molar-refractivity contribution is 0.336. The molecule has 3 rings (SSSR count). The third-order valence-electron chi connectivity index (χ3n) is 4.51. The number of hydrogen-bond donors (Lipinski definition) is 0. The minimum absolute atomic E-state index is 0.408. The molecule has 1 heterocycles. The SMILES string of the molecule is C=CCOc1cnc(-c2ccc(-c3ccc(C#CCCCC(C)F)cc3)cc2)cn1. The number of halogens is 1. The molecule has 0 aliphatic rings. The summed E-state index contributed by atoms with van der Waals surface area (Å²) >= 11 is 0. The van der Waals surface area contributed by atoms with E-state index in [9.17, 15) is 4.39 Å². The van der Waals surface area contributed by atoms with Crippen molar-refractivity contribution in [2.45, 2.75) is 32.4 Å². The highest BCUT2D eigenvalue weighted by Gasteiger charge is 2.03. The highest BCUT2D eigenvalue weighted by molar-refractivity contribution is 5.69. The number of unbranched alkanes of at least 4 members (excludes halogenated alkanes) is 1. The number of benzene rings is 2. The lowest BCUT2D eigenvalue weighted by atomic mass is 10.0. The summed E-state index contributed by atoms with van der Waals surface area (Å²) in [5.41, 5.74) is 5.00. The van der Waals surface area contributed by atoms with E-state index in [2.05, 4.69) is 52.7 Å². The quantitative estimate of drug-likeness (QED) is 0.254. The van der Waals surface area contributed by atoms with E-state index in [1.807, 2.05) is 24.3 Å². The Balaban J connectivity index is 1.62. The van der Waals surface area contributed by atoms with Crippen LogP contribution in [0.5, 0.6) is 5.88 Å². The predicted octanol–water partition coefficient (Wildman–Crippen LogP) is 6.26. The fraction of sp³-hybridized carbons (Fsp3) is 0.231. The van der Waals surface area contributed by atoms with Crippen molar-refractivity contribution in [1.29, 1.82) is 0 Å². The van der Waals surface area contributed by atoms with Crippen LogP contribution in [0, 0.1) is 11.8 Å². The minimum Gasteiger partial charge on any atom is -0.472 e. The molecular weight excluding hydrogens is 375 g/mol. The maximum Gasteiger partial charge on any atom is 0.232 e. The average Bonchev–Trinajstić information content (AvgIpc) is 2.78. The number of aromatic nitrogens is 2. The normalized spacial score (nSPS) is 11.3. The van der Waals surface area contributed by atoms with Crippen molar-refractivity contribution in [2.75, 3.05) is 6.61 Å². The number of ether oxygens (including phenoxy) is 1. The van der Waals surface area contributed by atoms with Crippen LogP contribution in [0.1, 0.15) is 31.7 Å². The minimum atomic E-state index is -0.750. The first-order valence-corrected chi connectivity index (χ1v) is 10.1. The van der Waals surface area contributed by atoms with Gasteiger partial charge in [0.15, 0.2) is 0 Å². The van der Waals surface area contributed by atoms with Crippen LogP contribution in [0.3, 0.4) is 0 Å². The Morgan fingerprint density at radius 1 is 1.00 bits per heavy atom. The third-order valence-corrected chi connectivity index (χ3v) is 4.51. The van der Waals surface area contributed by atoms with Crippen molar-refractivity contribution in [3.05, 3.63) is 79.1 Å². The summed E-state index contributed by atoms with van der Waals surface area (Å²) in [5.74, 6) is 6.74. The van der Waals surface area contributed by atoms with Crippen molar-refractivity contribution in [3.8, 4) is 40.1 Å². The first kappa shape index (κ1) is 21.3. The smallest absolute Gasteiger partial charge is 0.232 e. The second-order valence-electron chi connectivity index (χ2n) is 6.97. The van der Waals surface area contributed by atoms with E-state index in [0.29, 0.717) is 18.9 Å². The summed E-state index contributed by atoms with van der Waals surface area (Å²) in [6, 6.07) is 16.4. The number of rotatable bonds is 8. The molecule has 4 heteroatoms. The average molecular weight is 400 g/mol. The van der Waals surface area contributed by atoms with Gasteiger partial charge >= 0.3 is 0 Å². The van der Waals surface area contributed by atoms with Crippen molar-refractivity contribution in [2.24, 2.45) is 0 Å². The van der Waals surface area contributed by atoms with Gasteiger partial charge in [0.1, 0.15) is 6.61 Å². The Morgan fingerprint density at radius 3 is 2.27 bits per heavy atom. The number of alkyl halides is 1. The van der Waals surface area contributed by atoms with Crippen LogP contribution in [0.25, 0.3) is 22.4 Å². The van der Waals surface area contributed by atoms with Crippen LogP contribution < -0.4 is 4.74 Å². The summed E-state index contributed by atoms with van der Waals surface area (Å²) < 4.78 is 18.1. The molecule has 30 heavy (non-hydrogen) atoms. The van der Waals surface area contributed by atoms with E-state index in [-0.39, 0.29) is 0 Å². The fourth-order valence-corrected chi connectivity index (χ4v) is 2.90. The third kappa shape index (κ3) is 6.28. The number of hydrogen-bond acceptors (Lipinski definition) is 3. The molecule has 0 bridgehead atoms. The molecule has 0 fully saturated rings. The molecule has 1 atom stereocenters. The van der Waals surface area contributed by atoms with E-state index in [1.54, 1.807) is 25.4 Å². The van der Waals surface area contributed by atoms with Gasteiger partial charge in [0, 0.05) is 17.5 Å². The first-order valence-electron chi connectivity index (χ1n) is 10.1. The van der Waals surface area contributed by atoms with E-state index in [4.69, 9.17) is 4.74 Å². The molecular formula is C26H25FN2O. The van der Waals surface area contributed by atoms with Gasteiger partial charge in [0.25, 0.3) is 0 Å². The molecule has 152 valence electrons. The van der Waals surface area contributed by atoms with Crippen LogP contribution in [-0.2, 0) is 0 Å². The Labute approximate surface area is 177 Å². The zero-order valence-electron chi connectivity index (χ0n) is 17.1. The van der Waals surface area contributed by atoms with E-state index >= 15 is 0 Å². The standard InChI is InChI=1S/C26H25FN2O/c1-3-17-30-26-19-28-25(18-29-26)24-15-13-23(14-16-24)22-11-9-21(10-12-22)8-6-4-5-7-20(2)27/h3,9-16,18-20H,1,4-5,7,17H2,2H3. The van der Waals surface area contributed by atoms with Gasteiger partial charge in [-0.2, -0.15) is 0 Å². The molecule has 0 saturated carbocycles. The second kappa shape index (κ2) is 10.9. The summed E-state index contributed by atoms with van der Waals surface area (Å²) in [7, 11) is 0.